The Hall–Kier alpha value is -0.195. The highest BCUT2D eigenvalue weighted by Crippen LogP contribution is 2.23. The third-order valence-electron chi connectivity index (χ3n) is 1.62. The lowest BCUT2D eigenvalue weighted by molar-refractivity contribution is 0.503. The fourth-order valence-corrected chi connectivity index (χ4v) is 0.433. The minimum atomic E-state index is 0. The average Bonchev–Trinajstić information content (AvgIpc) is 1.89. The van der Waals surface area contributed by atoms with Crippen molar-refractivity contribution in [2.24, 2.45) is 5.41 Å². The van der Waals surface area contributed by atoms with Crippen LogP contribution in [-0.2, 0) is 0 Å². The summed E-state index contributed by atoms with van der Waals surface area (Å²) in [5, 5.41) is 0. The van der Waals surface area contributed by atoms with Crippen LogP contribution in [0.1, 0.15) is 48.5 Å². The first-order valence-electron chi connectivity index (χ1n) is 4.12. The molecular weight excluding hydrogens is 131 g/mol. The summed E-state index contributed by atoms with van der Waals surface area (Å²) in [6.45, 7) is 14.9. The molecule has 0 spiro atoms. The SMILES string of the molecule is C/C=C(\C)C(C)(C)C.CC.[B]. The Morgan fingerprint density at radius 2 is 1.36 bits per heavy atom. The lowest BCUT2D eigenvalue weighted by Crippen LogP contribution is -2.05. The molecule has 0 heterocycles. The van der Waals surface area contributed by atoms with Crippen LogP contribution in [0.2, 0.25) is 0 Å². The molecule has 3 radical (unpaired) electrons. The van der Waals surface area contributed by atoms with Gasteiger partial charge in [0.25, 0.3) is 0 Å². The molecule has 1 heteroatoms. The molecule has 0 aliphatic heterocycles. The molecule has 0 aromatic carbocycles. The Labute approximate surface area is 74.7 Å². The Morgan fingerprint density at radius 1 is 1.09 bits per heavy atom. The van der Waals surface area contributed by atoms with Gasteiger partial charge in [-0.05, 0) is 19.3 Å². The summed E-state index contributed by atoms with van der Waals surface area (Å²) >= 11 is 0. The Balaban J connectivity index is -0.000000196. The van der Waals surface area contributed by atoms with Crippen molar-refractivity contribution in [3.05, 3.63) is 11.6 Å². The molecule has 0 nitrogen and oxygen atoms in total. The molecule has 0 rings (SSSR count). The van der Waals surface area contributed by atoms with Gasteiger partial charge in [0.05, 0.1) is 0 Å². The summed E-state index contributed by atoms with van der Waals surface area (Å²) < 4.78 is 0. The molecule has 0 aromatic heterocycles. The van der Waals surface area contributed by atoms with Crippen molar-refractivity contribution in [2.45, 2.75) is 48.5 Å². The number of allylic oxidation sites excluding steroid dienone is 2. The van der Waals surface area contributed by atoms with E-state index in [2.05, 4.69) is 40.7 Å². The average molecular weight is 153 g/mol. The van der Waals surface area contributed by atoms with Gasteiger partial charge in [-0.2, -0.15) is 0 Å². The van der Waals surface area contributed by atoms with Gasteiger partial charge >= 0.3 is 0 Å². The Bertz CT molecular complexity index is 95.9. The molecule has 0 aliphatic rings. The normalized spacial score (nSPS) is 11.0. The molecule has 0 aromatic rings. The van der Waals surface area contributed by atoms with Gasteiger partial charge in [0, 0.05) is 8.41 Å². The lowest BCUT2D eigenvalue weighted by atomic mass is 9.88. The predicted molar refractivity (Wildman–Crippen MR) is 56.0 cm³/mol. The standard InChI is InChI=1S/C8H16.C2H6.B/c1-6-7(2)8(3,4)5;1-2;/h6H,1-5H3;1-2H3;/b7-6+;;. The van der Waals surface area contributed by atoms with Crippen molar-refractivity contribution < 1.29 is 0 Å². The van der Waals surface area contributed by atoms with Gasteiger partial charge in [0.2, 0.25) is 0 Å². The zero-order chi connectivity index (χ0) is 8.78. The van der Waals surface area contributed by atoms with E-state index in [0.29, 0.717) is 5.41 Å². The first kappa shape index (κ1) is 17.1. The summed E-state index contributed by atoms with van der Waals surface area (Å²) in [5.41, 5.74) is 1.83. The first-order chi connectivity index (χ1) is 4.48. The van der Waals surface area contributed by atoms with E-state index in [0.717, 1.165) is 0 Å². The van der Waals surface area contributed by atoms with E-state index in [1.165, 1.54) is 5.57 Å². The van der Waals surface area contributed by atoms with E-state index < -0.39 is 0 Å². The highest BCUT2D eigenvalue weighted by Gasteiger charge is 2.09. The molecule has 0 bridgehead atoms. The summed E-state index contributed by atoms with van der Waals surface area (Å²) in [4.78, 5) is 0. The Morgan fingerprint density at radius 3 is 1.36 bits per heavy atom. The van der Waals surface area contributed by atoms with Gasteiger partial charge in [0.15, 0.2) is 0 Å². The minimum Gasteiger partial charge on any atom is -0.0882 e. The second-order valence-electron chi connectivity index (χ2n) is 3.22. The summed E-state index contributed by atoms with van der Waals surface area (Å²) in [7, 11) is 0. The third-order valence-corrected chi connectivity index (χ3v) is 1.62. The molecule has 0 unspecified atom stereocenters. The number of rotatable bonds is 0. The maximum atomic E-state index is 2.22. The second-order valence-corrected chi connectivity index (χ2v) is 3.22. The van der Waals surface area contributed by atoms with Crippen LogP contribution in [0.4, 0.5) is 0 Å². The van der Waals surface area contributed by atoms with E-state index in [4.69, 9.17) is 0 Å². The van der Waals surface area contributed by atoms with Gasteiger partial charge in [-0.3, -0.25) is 0 Å². The van der Waals surface area contributed by atoms with Crippen LogP contribution in [0.5, 0.6) is 0 Å². The fraction of sp³-hybridized carbons (Fsp3) is 0.800. The van der Waals surface area contributed by atoms with Crippen LogP contribution in [0.15, 0.2) is 11.6 Å². The smallest absolute Gasteiger partial charge is 0 e. The third kappa shape index (κ3) is 9.80. The van der Waals surface area contributed by atoms with E-state index in [-0.39, 0.29) is 8.41 Å². The van der Waals surface area contributed by atoms with Crippen LogP contribution >= 0.6 is 0 Å². The maximum Gasteiger partial charge on any atom is 0 e. The number of hydrogen-bond acceptors (Lipinski definition) is 0. The van der Waals surface area contributed by atoms with Crippen molar-refractivity contribution in [1.29, 1.82) is 0 Å². The zero-order valence-corrected chi connectivity index (χ0v) is 9.15. The molecule has 0 saturated carbocycles. The van der Waals surface area contributed by atoms with E-state index in [1.54, 1.807) is 0 Å². The summed E-state index contributed by atoms with van der Waals surface area (Å²) in [6, 6.07) is 0. The van der Waals surface area contributed by atoms with Crippen molar-refractivity contribution in [3.8, 4) is 0 Å². The number of hydrogen-bond donors (Lipinski definition) is 0. The van der Waals surface area contributed by atoms with E-state index in [1.807, 2.05) is 13.8 Å². The predicted octanol–water partition coefficient (Wildman–Crippen LogP) is 3.64. The highest BCUT2D eigenvalue weighted by molar-refractivity contribution is 5.75. The molecule has 65 valence electrons. The van der Waals surface area contributed by atoms with Crippen LogP contribution in [0.3, 0.4) is 0 Å². The topological polar surface area (TPSA) is 0 Å². The van der Waals surface area contributed by atoms with Gasteiger partial charge < -0.3 is 0 Å². The maximum absolute atomic E-state index is 2.22. The van der Waals surface area contributed by atoms with Crippen molar-refractivity contribution in [1.82, 2.24) is 0 Å². The quantitative estimate of drug-likeness (QED) is 0.368. The summed E-state index contributed by atoms with van der Waals surface area (Å²) in [6.07, 6.45) is 2.17. The second kappa shape index (κ2) is 7.91. The van der Waals surface area contributed by atoms with E-state index >= 15 is 0 Å². The van der Waals surface area contributed by atoms with Gasteiger partial charge in [0.1, 0.15) is 0 Å². The molecule has 0 atom stereocenters. The monoisotopic (exact) mass is 153 g/mol. The van der Waals surface area contributed by atoms with Gasteiger partial charge in [-0.15, -0.1) is 0 Å². The lowest BCUT2D eigenvalue weighted by Gasteiger charge is -2.18. The fourth-order valence-electron chi connectivity index (χ4n) is 0.433. The van der Waals surface area contributed by atoms with Crippen molar-refractivity contribution >= 4 is 8.41 Å². The van der Waals surface area contributed by atoms with Gasteiger partial charge in [-0.1, -0.05) is 46.3 Å². The highest BCUT2D eigenvalue weighted by atomic mass is 14.1. The van der Waals surface area contributed by atoms with E-state index in [9.17, 15) is 0 Å². The molecule has 0 aliphatic carbocycles. The minimum absolute atomic E-state index is 0. The van der Waals surface area contributed by atoms with Crippen LogP contribution in [-0.4, -0.2) is 8.41 Å². The summed E-state index contributed by atoms with van der Waals surface area (Å²) in [5.74, 6) is 0. The van der Waals surface area contributed by atoms with Crippen molar-refractivity contribution in [3.63, 3.8) is 0 Å². The molecular formula is C10H22B. The molecule has 11 heavy (non-hydrogen) atoms. The molecule has 0 amide bonds. The zero-order valence-electron chi connectivity index (χ0n) is 9.15. The molecule has 0 saturated heterocycles. The van der Waals surface area contributed by atoms with Crippen LogP contribution in [0.25, 0.3) is 0 Å². The molecule has 0 fully saturated rings. The van der Waals surface area contributed by atoms with Crippen molar-refractivity contribution in [2.75, 3.05) is 0 Å². The first-order valence-corrected chi connectivity index (χ1v) is 4.12. The van der Waals surface area contributed by atoms with Gasteiger partial charge in [-0.25, -0.2) is 0 Å². The largest absolute Gasteiger partial charge is 0.0882 e. The van der Waals surface area contributed by atoms with Crippen LogP contribution < -0.4 is 0 Å². The van der Waals surface area contributed by atoms with Crippen LogP contribution in [0, 0.1) is 5.41 Å². The Kier molecular flexibility index (Phi) is 12.3. The molecule has 0 N–H and O–H groups in total.